The molecule has 1 heteroatoms. The first kappa shape index (κ1) is 17.4. The van der Waals surface area contributed by atoms with E-state index in [0.29, 0.717) is 11.8 Å². The maximum Gasteiger partial charge on any atom is 0.0112 e. The second-order valence-electron chi connectivity index (χ2n) is 6.22. The molecular weight excluding hydrogens is 260 g/mol. The van der Waals surface area contributed by atoms with Gasteiger partial charge in [0.1, 0.15) is 0 Å². The van der Waals surface area contributed by atoms with Crippen molar-refractivity contribution in [2.45, 2.75) is 67.2 Å². The molecule has 0 amide bonds. The smallest absolute Gasteiger partial charge is 0.0112 e. The van der Waals surface area contributed by atoms with Gasteiger partial charge in [0.05, 0.1) is 0 Å². The van der Waals surface area contributed by atoms with Crippen LogP contribution in [0.15, 0.2) is 17.7 Å². The Balaban J connectivity index is 3.42. The van der Waals surface area contributed by atoms with Gasteiger partial charge in [-0.15, -0.1) is 12.6 Å². The van der Waals surface area contributed by atoms with Gasteiger partial charge in [0.2, 0.25) is 0 Å². The Morgan fingerprint density at radius 2 is 1.55 bits per heavy atom. The lowest BCUT2D eigenvalue weighted by atomic mass is 9.89. The highest BCUT2D eigenvalue weighted by Gasteiger charge is 2.15. The fraction of sp³-hybridized carbons (Fsp3) is 0.579. The molecule has 0 bridgehead atoms. The molecule has 0 saturated carbocycles. The zero-order valence-electron chi connectivity index (χ0n) is 14.2. The Labute approximate surface area is 131 Å². The predicted molar refractivity (Wildman–Crippen MR) is 95.7 cm³/mol. The molecule has 0 radical (unpaired) electrons. The lowest BCUT2D eigenvalue weighted by molar-refractivity contribution is 0.637. The molecule has 0 aliphatic heterocycles. The van der Waals surface area contributed by atoms with Crippen LogP contribution < -0.4 is 0 Å². The second-order valence-corrected chi connectivity index (χ2v) is 6.67. The summed E-state index contributed by atoms with van der Waals surface area (Å²) in [6.45, 7) is 15.7. The van der Waals surface area contributed by atoms with E-state index in [1.54, 1.807) is 0 Å². The van der Waals surface area contributed by atoms with E-state index in [0.717, 1.165) is 6.42 Å². The Kier molecular flexibility index (Phi) is 6.39. The average Bonchev–Trinajstić information content (AvgIpc) is 2.38. The molecule has 0 aliphatic rings. The summed E-state index contributed by atoms with van der Waals surface area (Å²) in [6.07, 6.45) is 2.26. The molecule has 1 aromatic carbocycles. The van der Waals surface area contributed by atoms with Gasteiger partial charge < -0.3 is 0 Å². The summed E-state index contributed by atoms with van der Waals surface area (Å²) in [5.74, 6) is 1.19. The normalized spacial score (nSPS) is 14.4. The molecule has 20 heavy (non-hydrogen) atoms. The predicted octanol–water partition coefficient (Wildman–Crippen LogP) is 6.52. The van der Waals surface area contributed by atoms with Crippen molar-refractivity contribution >= 4 is 17.5 Å². The molecule has 0 N–H and O–H groups in total. The van der Waals surface area contributed by atoms with Crippen molar-refractivity contribution in [2.75, 3.05) is 0 Å². The van der Waals surface area contributed by atoms with Crippen molar-refractivity contribution in [3.05, 3.63) is 40.0 Å². The van der Waals surface area contributed by atoms with Crippen molar-refractivity contribution in [1.29, 1.82) is 0 Å². The van der Waals surface area contributed by atoms with Crippen LogP contribution in [0.25, 0.3) is 4.91 Å². The standard InChI is InChI=1S/C19H30S/c1-8-13(5)17(9-2)19(20)18-14(6)10-16(12(3)4)11-15(18)7/h10-13,20H,8-9H2,1-7H3/b19-17-. The van der Waals surface area contributed by atoms with Gasteiger partial charge in [0.25, 0.3) is 0 Å². The average molecular weight is 291 g/mol. The number of allylic oxidation sites excluding steroid dienone is 1. The van der Waals surface area contributed by atoms with E-state index in [1.165, 1.54) is 39.2 Å². The monoisotopic (exact) mass is 290 g/mol. The van der Waals surface area contributed by atoms with Gasteiger partial charge in [-0.05, 0) is 60.8 Å². The van der Waals surface area contributed by atoms with Crippen LogP contribution in [0.4, 0.5) is 0 Å². The molecule has 0 fully saturated rings. The van der Waals surface area contributed by atoms with Crippen molar-refractivity contribution in [3.63, 3.8) is 0 Å². The van der Waals surface area contributed by atoms with Gasteiger partial charge in [-0.3, -0.25) is 0 Å². The quantitative estimate of drug-likeness (QED) is 0.586. The Morgan fingerprint density at radius 3 is 1.90 bits per heavy atom. The van der Waals surface area contributed by atoms with E-state index >= 15 is 0 Å². The summed E-state index contributed by atoms with van der Waals surface area (Å²) < 4.78 is 0. The summed E-state index contributed by atoms with van der Waals surface area (Å²) in [4.78, 5) is 1.20. The minimum atomic E-state index is 0.578. The summed E-state index contributed by atoms with van der Waals surface area (Å²) in [5, 5.41) is 0. The van der Waals surface area contributed by atoms with Gasteiger partial charge in [-0.1, -0.05) is 52.3 Å². The van der Waals surface area contributed by atoms with Crippen LogP contribution in [0, 0.1) is 19.8 Å². The highest BCUT2D eigenvalue weighted by molar-refractivity contribution is 7.90. The second kappa shape index (κ2) is 7.36. The van der Waals surface area contributed by atoms with Crippen LogP contribution in [0.5, 0.6) is 0 Å². The summed E-state index contributed by atoms with van der Waals surface area (Å²) >= 11 is 4.89. The van der Waals surface area contributed by atoms with Gasteiger partial charge in [-0.2, -0.15) is 0 Å². The zero-order valence-corrected chi connectivity index (χ0v) is 15.1. The molecule has 0 aromatic heterocycles. The molecular formula is C19H30S. The van der Waals surface area contributed by atoms with Crippen LogP contribution in [-0.2, 0) is 0 Å². The molecule has 0 heterocycles. The number of benzene rings is 1. The molecule has 0 spiro atoms. The first-order valence-corrected chi connectivity index (χ1v) is 8.31. The number of hydrogen-bond donors (Lipinski definition) is 1. The minimum absolute atomic E-state index is 0.578. The topological polar surface area (TPSA) is 0 Å². The van der Waals surface area contributed by atoms with Crippen LogP contribution in [0.2, 0.25) is 0 Å². The fourth-order valence-electron chi connectivity index (χ4n) is 2.86. The third-order valence-electron chi connectivity index (χ3n) is 4.35. The van der Waals surface area contributed by atoms with Gasteiger partial charge in [0.15, 0.2) is 0 Å². The molecule has 1 aromatic rings. The Hall–Kier alpha value is -0.690. The van der Waals surface area contributed by atoms with E-state index < -0.39 is 0 Å². The maximum absolute atomic E-state index is 4.89. The maximum atomic E-state index is 4.89. The van der Waals surface area contributed by atoms with E-state index in [9.17, 15) is 0 Å². The van der Waals surface area contributed by atoms with Crippen molar-refractivity contribution in [3.8, 4) is 0 Å². The molecule has 0 saturated heterocycles. The summed E-state index contributed by atoms with van der Waals surface area (Å²) in [5.41, 5.74) is 6.96. The van der Waals surface area contributed by atoms with Crippen LogP contribution in [-0.4, -0.2) is 0 Å². The lowest BCUT2D eigenvalue weighted by Crippen LogP contribution is -2.02. The summed E-state index contributed by atoms with van der Waals surface area (Å²) in [6, 6.07) is 4.65. The minimum Gasteiger partial charge on any atom is -0.143 e. The first-order chi connectivity index (χ1) is 9.33. The van der Waals surface area contributed by atoms with Gasteiger partial charge in [-0.25, -0.2) is 0 Å². The Morgan fingerprint density at radius 1 is 1.05 bits per heavy atom. The fourth-order valence-corrected chi connectivity index (χ4v) is 3.59. The van der Waals surface area contributed by atoms with E-state index in [2.05, 4.69) is 60.6 Å². The Bertz CT molecular complexity index is 471. The SMILES string of the molecule is CC/C(=C(/S)c1c(C)cc(C(C)C)cc1C)C(C)CC. The van der Waals surface area contributed by atoms with E-state index in [-0.39, 0.29) is 0 Å². The molecule has 1 unspecified atom stereocenters. The number of rotatable bonds is 5. The summed E-state index contributed by atoms with van der Waals surface area (Å²) in [7, 11) is 0. The molecule has 112 valence electrons. The van der Waals surface area contributed by atoms with Crippen molar-refractivity contribution in [1.82, 2.24) is 0 Å². The van der Waals surface area contributed by atoms with Gasteiger partial charge >= 0.3 is 0 Å². The largest absolute Gasteiger partial charge is 0.143 e. The molecule has 0 nitrogen and oxygen atoms in total. The highest BCUT2D eigenvalue weighted by Crippen LogP contribution is 2.35. The number of hydrogen-bond acceptors (Lipinski definition) is 1. The third kappa shape index (κ3) is 3.69. The van der Waals surface area contributed by atoms with E-state index in [1.807, 2.05) is 0 Å². The third-order valence-corrected chi connectivity index (χ3v) is 4.86. The number of aryl methyl sites for hydroxylation is 2. The van der Waals surface area contributed by atoms with Crippen LogP contribution in [0.3, 0.4) is 0 Å². The number of thiol groups is 1. The molecule has 1 rings (SSSR count). The molecule has 1 atom stereocenters. The zero-order chi connectivity index (χ0) is 15.4. The van der Waals surface area contributed by atoms with Crippen molar-refractivity contribution in [2.24, 2.45) is 5.92 Å². The lowest BCUT2D eigenvalue weighted by Gasteiger charge is -2.20. The molecule has 0 aliphatic carbocycles. The highest BCUT2D eigenvalue weighted by atomic mass is 32.1. The van der Waals surface area contributed by atoms with Crippen LogP contribution >= 0.6 is 12.6 Å². The van der Waals surface area contributed by atoms with E-state index in [4.69, 9.17) is 12.6 Å². The van der Waals surface area contributed by atoms with Gasteiger partial charge in [0, 0.05) is 4.91 Å². The first-order valence-electron chi connectivity index (χ1n) is 7.86. The van der Waals surface area contributed by atoms with Crippen molar-refractivity contribution < 1.29 is 0 Å². The van der Waals surface area contributed by atoms with Crippen LogP contribution in [0.1, 0.15) is 75.6 Å².